The summed E-state index contributed by atoms with van der Waals surface area (Å²) in [5.74, 6) is 1.17. The highest BCUT2D eigenvalue weighted by Gasteiger charge is 2.28. The zero-order valence-corrected chi connectivity index (χ0v) is 18.5. The number of pyridine rings is 1. The lowest BCUT2D eigenvalue weighted by molar-refractivity contribution is -0.131. The van der Waals surface area contributed by atoms with Crippen molar-refractivity contribution in [2.75, 3.05) is 5.32 Å². The smallest absolute Gasteiger partial charge is 0.308 e. The van der Waals surface area contributed by atoms with Gasteiger partial charge < -0.3 is 10.1 Å². The molecule has 3 rings (SSSR count). The Morgan fingerprint density at radius 3 is 2.34 bits per heavy atom. The lowest BCUT2D eigenvalue weighted by atomic mass is 9.82. The minimum absolute atomic E-state index is 0.120. The molecule has 0 unspecified atom stereocenters. The molecular formula is C24H31N3O2. The molecule has 0 saturated carbocycles. The summed E-state index contributed by atoms with van der Waals surface area (Å²) in [5.41, 5.74) is 3.99. The number of fused-ring (bicyclic) bond motifs is 1. The van der Waals surface area contributed by atoms with Crippen molar-refractivity contribution in [3.8, 4) is 17.0 Å². The van der Waals surface area contributed by atoms with Crippen molar-refractivity contribution in [2.45, 2.75) is 60.4 Å². The van der Waals surface area contributed by atoms with Gasteiger partial charge in [0.2, 0.25) is 0 Å². The Morgan fingerprint density at radius 1 is 1.10 bits per heavy atom. The summed E-state index contributed by atoms with van der Waals surface area (Å²) < 4.78 is 7.27. The van der Waals surface area contributed by atoms with E-state index in [1.807, 2.05) is 12.1 Å². The maximum atomic E-state index is 11.2. The van der Waals surface area contributed by atoms with Crippen LogP contribution in [0.1, 0.15) is 53.5 Å². The summed E-state index contributed by atoms with van der Waals surface area (Å²) in [7, 11) is 0. The van der Waals surface area contributed by atoms with Crippen molar-refractivity contribution in [1.29, 1.82) is 0 Å². The minimum Gasteiger partial charge on any atom is -0.427 e. The summed E-state index contributed by atoms with van der Waals surface area (Å²) >= 11 is 0. The van der Waals surface area contributed by atoms with E-state index in [4.69, 9.17) is 9.72 Å². The molecule has 0 radical (unpaired) electrons. The molecule has 0 amide bonds. The lowest BCUT2D eigenvalue weighted by Crippen LogP contribution is -2.36. The Morgan fingerprint density at radius 2 is 1.76 bits per heavy atom. The number of carbonyl (C=O) groups is 1. The SMILES string of the molecule is CC(=O)Oc1ccc(-c2nc3cc(C)ccn3c2NC(C)(C)CC(C)(C)C)cc1. The number of benzene rings is 1. The number of imidazole rings is 1. The quantitative estimate of drug-likeness (QED) is 0.436. The van der Waals surface area contributed by atoms with Crippen LogP contribution in [0.25, 0.3) is 16.9 Å². The molecule has 0 aliphatic heterocycles. The molecule has 3 aromatic rings. The van der Waals surface area contributed by atoms with Crippen LogP contribution in [0.4, 0.5) is 5.82 Å². The van der Waals surface area contributed by atoms with Crippen LogP contribution in [0.3, 0.4) is 0 Å². The third-order valence-corrected chi connectivity index (χ3v) is 4.60. The van der Waals surface area contributed by atoms with Crippen molar-refractivity contribution >= 4 is 17.4 Å². The molecular weight excluding hydrogens is 362 g/mol. The highest BCUT2D eigenvalue weighted by molar-refractivity contribution is 5.78. The summed E-state index contributed by atoms with van der Waals surface area (Å²) in [4.78, 5) is 16.1. The number of rotatable bonds is 5. The van der Waals surface area contributed by atoms with Crippen LogP contribution in [0.5, 0.6) is 5.75 Å². The van der Waals surface area contributed by atoms with E-state index in [0.29, 0.717) is 5.75 Å². The van der Waals surface area contributed by atoms with E-state index in [1.54, 1.807) is 12.1 Å². The first-order valence-electron chi connectivity index (χ1n) is 9.99. The molecule has 2 aromatic heterocycles. The lowest BCUT2D eigenvalue weighted by Gasteiger charge is -2.34. The average Bonchev–Trinajstić information content (AvgIpc) is 2.89. The largest absolute Gasteiger partial charge is 0.427 e. The molecule has 0 aliphatic carbocycles. The number of esters is 1. The van der Waals surface area contributed by atoms with Gasteiger partial charge in [-0.25, -0.2) is 4.98 Å². The van der Waals surface area contributed by atoms with Gasteiger partial charge in [-0.05, 0) is 74.6 Å². The van der Waals surface area contributed by atoms with Gasteiger partial charge in [0.15, 0.2) is 0 Å². The average molecular weight is 394 g/mol. The maximum absolute atomic E-state index is 11.2. The Kier molecular flexibility index (Phi) is 5.44. The summed E-state index contributed by atoms with van der Waals surface area (Å²) in [6.07, 6.45) is 3.06. The van der Waals surface area contributed by atoms with Gasteiger partial charge in [0.1, 0.15) is 22.9 Å². The van der Waals surface area contributed by atoms with Gasteiger partial charge >= 0.3 is 5.97 Å². The van der Waals surface area contributed by atoms with Gasteiger partial charge in [0.25, 0.3) is 0 Å². The number of nitrogens with zero attached hydrogens (tertiary/aromatic N) is 2. The van der Waals surface area contributed by atoms with E-state index in [0.717, 1.165) is 29.1 Å². The van der Waals surface area contributed by atoms with Crippen LogP contribution in [-0.2, 0) is 4.79 Å². The maximum Gasteiger partial charge on any atom is 0.308 e. The topological polar surface area (TPSA) is 55.6 Å². The predicted molar refractivity (Wildman–Crippen MR) is 118 cm³/mol. The molecule has 0 bridgehead atoms. The van der Waals surface area contributed by atoms with Crippen molar-refractivity contribution in [2.24, 2.45) is 5.41 Å². The van der Waals surface area contributed by atoms with Crippen molar-refractivity contribution in [3.05, 3.63) is 48.2 Å². The fourth-order valence-corrected chi connectivity index (χ4v) is 4.00. The number of anilines is 1. The number of nitrogens with one attached hydrogen (secondary N) is 1. The molecule has 2 heterocycles. The molecule has 154 valence electrons. The molecule has 1 N–H and O–H groups in total. The molecule has 0 spiro atoms. The Hall–Kier alpha value is -2.82. The second kappa shape index (κ2) is 7.54. The van der Waals surface area contributed by atoms with Gasteiger partial charge in [-0.3, -0.25) is 9.20 Å². The third-order valence-electron chi connectivity index (χ3n) is 4.60. The van der Waals surface area contributed by atoms with Crippen molar-refractivity contribution in [1.82, 2.24) is 9.38 Å². The Bertz CT molecular complexity index is 1020. The number of hydrogen-bond donors (Lipinski definition) is 1. The summed E-state index contributed by atoms with van der Waals surface area (Å²) in [5, 5.41) is 3.75. The number of aromatic nitrogens is 2. The van der Waals surface area contributed by atoms with Crippen molar-refractivity contribution < 1.29 is 9.53 Å². The van der Waals surface area contributed by atoms with Crippen LogP contribution in [-0.4, -0.2) is 20.9 Å². The molecule has 0 fully saturated rings. The van der Waals surface area contributed by atoms with Gasteiger partial charge in [-0.15, -0.1) is 0 Å². The van der Waals surface area contributed by atoms with Gasteiger partial charge in [0, 0.05) is 24.2 Å². The molecule has 5 heteroatoms. The monoisotopic (exact) mass is 393 g/mol. The summed E-state index contributed by atoms with van der Waals surface area (Å²) in [6.45, 7) is 14.7. The fraction of sp³-hybridized carbons (Fsp3) is 0.417. The first kappa shape index (κ1) is 20.9. The number of aryl methyl sites for hydroxylation is 1. The van der Waals surface area contributed by atoms with E-state index in [9.17, 15) is 4.79 Å². The normalized spacial score (nSPS) is 12.2. The highest BCUT2D eigenvalue weighted by Crippen LogP contribution is 2.35. The van der Waals surface area contributed by atoms with E-state index < -0.39 is 0 Å². The Balaban J connectivity index is 2.07. The van der Waals surface area contributed by atoms with Crippen LogP contribution < -0.4 is 10.1 Å². The molecule has 0 aliphatic rings. The highest BCUT2D eigenvalue weighted by atomic mass is 16.5. The third kappa shape index (κ3) is 5.17. The van der Waals surface area contributed by atoms with Crippen LogP contribution in [0, 0.1) is 12.3 Å². The summed E-state index contributed by atoms with van der Waals surface area (Å²) in [6, 6.07) is 11.7. The zero-order valence-electron chi connectivity index (χ0n) is 18.5. The number of ether oxygens (including phenoxy) is 1. The number of carbonyl (C=O) groups excluding carboxylic acids is 1. The molecule has 29 heavy (non-hydrogen) atoms. The van der Waals surface area contributed by atoms with Gasteiger partial charge in [-0.1, -0.05) is 20.8 Å². The molecule has 1 aromatic carbocycles. The van der Waals surface area contributed by atoms with E-state index in [-0.39, 0.29) is 16.9 Å². The number of hydrogen-bond acceptors (Lipinski definition) is 4. The zero-order chi connectivity index (χ0) is 21.4. The first-order valence-corrected chi connectivity index (χ1v) is 9.99. The second-order valence-electron chi connectivity index (χ2n) is 9.61. The second-order valence-corrected chi connectivity index (χ2v) is 9.61. The standard InChI is InChI=1S/C24H31N3O2/c1-16-12-13-27-20(14-16)25-21(18-8-10-19(11-9-18)29-17(2)28)22(27)26-24(6,7)15-23(3,4)5/h8-14,26H,15H2,1-7H3. The molecule has 5 nitrogen and oxygen atoms in total. The van der Waals surface area contributed by atoms with Crippen LogP contribution in [0.15, 0.2) is 42.6 Å². The Labute approximate surface area is 173 Å². The van der Waals surface area contributed by atoms with Crippen LogP contribution in [0.2, 0.25) is 0 Å². The van der Waals surface area contributed by atoms with E-state index >= 15 is 0 Å². The van der Waals surface area contributed by atoms with Crippen molar-refractivity contribution in [3.63, 3.8) is 0 Å². The molecule has 0 saturated heterocycles. The van der Waals surface area contributed by atoms with Crippen LogP contribution >= 0.6 is 0 Å². The van der Waals surface area contributed by atoms with Gasteiger partial charge in [0.05, 0.1) is 0 Å². The molecule has 0 atom stereocenters. The predicted octanol–water partition coefficient (Wildman–Crippen LogP) is 5.86. The minimum atomic E-state index is -0.327. The van der Waals surface area contributed by atoms with E-state index in [2.05, 4.69) is 69.6 Å². The first-order chi connectivity index (χ1) is 13.4. The van der Waals surface area contributed by atoms with Gasteiger partial charge in [-0.2, -0.15) is 0 Å². The van der Waals surface area contributed by atoms with E-state index in [1.165, 1.54) is 12.5 Å². The fourth-order valence-electron chi connectivity index (χ4n) is 4.00.